The second kappa shape index (κ2) is 3.37. The van der Waals surface area contributed by atoms with Gasteiger partial charge in [0, 0.05) is 0 Å². The number of aromatic carboxylic acids is 1. The smallest absolute Gasteiger partial charge is 0.335 e. The van der Waals surface area contributed by atoms with Gasteiger partial charge in [0.05, 0.1) is 5.56 Å². The number of rotatable bonds is 1. The minimum atomic E-state index is -0.834. The molecule has 0 fully saturated rings. The maximum Gasteiger partial charge on any atom is 0.335 e. The lowest BCUT2D eigenvalue weighted by Gasteiger charge is -2.32. The van der Waals surface area contributed by atoms with Crippen molar-refractivity contribution < 1.29 is 9.90 Å². The number of hydrogen-bond acceptors (Lipinski definition) is 1. The van der Waals surface area contributed by atoms with Crippen LogP contribution in [0, 0.1) is 0 Å². The fourth-order valence-electron chi connectivity index (χ4n) is 2.41. The molecule has 1 aliphatic rings. The first kappa shape index (κ1) is 10.2. The van der Waals surface area contributed by atoms with E-state index in [-0.39, 0.29) is 5.41 Å². The van der Waals surface area contributed by atoms with Crippen molar-refractivity contribution >= 4 is 5.97 Å². The third kappa shape index (κ3) is 1.76. The zero-order valence-electron chi connectivity index (χ0n) is 9.21. The molecular formula is C13H16O2. The van der Waals surface area contributed by atoms with Gasteiger partial charge in [-0.3, -0.25) is 0 Å². The molecule has 0 saturated heterocycles. The third-order valence-corrected chi connectivity index (χ3v) is 3.33. The molecule has 0 atom stereocenters. The molecule has 1 aromatic rings. The van der Waals surface area contributed by atoms with Crippen LogP contribution in [-0.2, 0) is 11.8 Å². The molecule has 0 heterocycles. The molecule has 0 radical (unpaired) electrons. The van der Waals surface area contributed by atoms with E-state index in [1.54, 1.807) is 6.07 Å². The lowest BCUT2D eigenvalue weighted by atomic mass is 9.72. The maximum absolute atomic E-state index is 10.9. The zero-order valence-corrected chi connectivity index (χ0v) is 9.21. The van der Waals surface area contributed by atoms with Crippen molar-refractivity contribution in [1.29, 1.82) is 0 Å². The van der Waals surface area contributed by atoms with Crippen LogP contribution in [0.5, 0.6) is 0 Å². The summed E-state index contributed by atoms with van der Waals surface area (Å²) in [5, 5.41) is 8.96. The Morgan fingerprint density at radius 1 is 1.40 bits per heavy atom. The zero-order chi connectivity index (χ0) is 11.1. The van der Waals surface area contributed by atoms with Gasteiger partial charge in [0.25, 0.3) is 0 Å². The largest absolute Gasteiger partial charge is 0.478 e. The highest BCUT2D eigenvalue weighted by atomic mass is 16.4. The van der Waals surface area contributed by atoms with Gasteiger partial charge >= 0.3 is 5.97 Å². The van der Waals surface area contributed by atoms with Crippen molar-refractivity contribution in [2.45, 2.75) is 38.5 Å². The highest BCUT2D eigenvalue weighted by Crippen LogP contribution is 2.36. The first-order valence-electron chi connectivity index (χ1n) is 5.37. The van der Waals surface area contributed by atoms with Gasteiger partial charge < -0.3 is 5.11 Å². The van der Waals surface area contributed by atoms with E-state index < -0.39 is 5.97 Å². The topological polar surface area (TPSA) is 37.3 Å². The molecule has 0 spiro atoms. The maximum atomic E-state index is 10.9. The van der Waals surface area contributed by atoms with Crippen LogP contribution in [0.3, 0.4) is 0 Å². The first-order valence-corrected chi connectivity index (χ1v) is 5.37. The van der Waals surface area contributed by atoms with Crippen molar-refractivity contribution in [3.63, 3.8) is 0 Å². The Morgan fingerprint density at radius 2 is 2.13 bits per heavy atom. The molecule has 0 amide bonds. The molecule has 1 aromatic carbocycles. The van der Waals surface area contributed by atoms with Crippen LogP contribution in [0.15, 0.2) is 18.2 Å². The predicted molar refractivity (Wildman–Crippen MR) is 59.4 cm³/mol. The predicted octanol–water partition coefficient (Wildman–Crippen LogP) is 3.00. The highest BCUT2D eigenvalue weighted by Gasteiger charge is 2.27. The Kier molecular flexibility index (Phi) is 2.29. The molecule has 2 rings (SSSR count). The van der Waals surface area contributed by atoms with Crippen LogP contribution in [0.1, 0.15) is 48.2 Å². The van der Waals surface area contributed by atoms with Gasteiger partial charge in [0.1, 0.15) is 0 Å². The summed E-state index contributed by atoms with van der Waals surface area (Å²) in [5.74, 6) is -0.834. The quantitative estimate of drug-likeness (QED) is 0.763. The lowest BCUT2D eigenvalue weighted by Crippen LogP contribution is -2.24. The Hall–Kier alpha value is -1.31. The fourth-order valence-corrected chi connectivity index (χ4v) is 2.41. The number of aryl methyl sites for hydroxylation is 1. The molecule has 0 bridgehead atoms. The molecule has 2 nitrogen and oxygen atoms in total. The van der Waals surface area contributed by atoms with Crippen molar-refractivity contribution in [1.82, 2.24) is 0 Å². The Bertz CT molecular complexity index is 405. The van der Waals surface area contributed by atoms with E-state index in [4.69, 9.17) is 5.11 Å². The standard InChI is InChI=1S/C13H16O2/c1-13(2)7-3-4-9-5-6-10(12(14)15)8-11(9)13/h5-6,8H,3-4,7H2,1-2H3,(H,14,15). The van der Waals surface area contributed by atoms with E-state index in [1.165, 1.54) is 17.5 Å². The molecular weight excluding hydrogens is 188 g/mol. The average Bonchev–Trinajstić information content (AvgIpc) is 2.17. The number of hydrogen-bond donors (Lipinski definition) is 1. The summed E-state index contributed by atoms with van der Waals surface area (Å²) in [4.78, 5) is 10.9. The minimum Gasteiger partial charge on any atom is -0.478 e. The van der Waals surface area contributed by atoms with E-state index in [1.807, 2.05) is 12.1 Å². The summed E-state index contributed by atoms with van der Waals surface area (Å²) < 4.78 is 0. The van der Waals surface area contributed by atoms with Crippen LogP contribution < -0.4 is 0 Å². The van der Waals surface area contributed by atoms with E-state index in [9.17, 15) is 4.79 Å². The Morgan fingerprint density at radius 3 is 2.80 bits per heavy atom. The summed E-state index contributed by atoms with van der Waals surface area (Å²) in [6.45, 7) is 4.38. The molecule has 0 aliphatic heterocycles. The SMILES string of the molecule is CC1(C)CCCc2ccc(C(=O)O)cc21. The molecule has 1 aliphatic carbocycles. The van der Waals surface area contributed by atoms with Gasteiger partial charge in [-0.1, -0.05) is 19.9 Å². The van der Waals surface area contributed by atoms with Crippen molar-refractivity contribution in [3.8, 4) is 0 Å². The van der Waals surface area contributed by atoms with Crippen LogP contribution >= 0.6 is 0 Å². The van der Waals surface area contributed by atoms with Gasteiger partial charge in [-0.25, -0.2) is 4.79 Å². The first-order chi connectivity index (χ1) is 7.00. The van der Waals surface area contributed by atoms with Crippen LogP contribution in [0.25, 0.3) is 0 Å². The number of carboxylic acids is 1. The molecule has 0 saturated carbocycles. The van der Waals surface area contributed by atoms with Gasteiger partial charge in [-0.05, 0) is 47.9 Å². The van der Waals surface area contributed by atoms with Crippen LogP contribution in [-0.4, -0.2) is 11.1 Å². The molecule has 0 unspecified atom stereocenters. The Labute approximate surface area is 89.9 Å². The summed E-state index contributed by atoms with van der Waals surface area (Å²) in [6, 6.07) is 5.53. The molecule has 15 heavy (non-hydrogen) atoms. The van der Waals surface area contributed by atoms with E-state index in [0.717, 1.165) is 12.8 Å². The normalized spacial score (nSPS) is 18.3. The van der Waals surface area contributed by atoms with Crippen molar-refractivity contribution in [2.75, 3.05) is 0 Å². The number of benzene rings is 1. The second-order valence-electron chi connectivity index (χ2n) is 4.91. The summed E-state index contributed by atoms with van der Waals surface area (Å²) in [6.07, 6.45) is 3.42. The number of carbonyl (C=O) groups is 1. The van der Waals surface area contributed by atoms with Crippen LogP contribution in [0.4, 0.5) is 0 Å². The summed E-state index contributed by atoms with van der Waals surface area (Å²) in [7, 11) is 0. The minimum absolute atomic E-state index is 0.124. The summed E-state index contributed by atoms with van der Waals surface area (Å²) in [5.41, 5.74) is 3.06. The monoisotopic (exact) mass is 204 g/mol. The van der Waals surface area contributed by atoms with Crippen LogP contribution in [0.2, 0.25) is 0 Å². The van der Waals surface area contributed by atoms with Crippen molar-refractivity contribution in [2.24, 2.45) is 0 Å². The van der Waals surface area contributed by atoms with E-state index >= 15 is 0 Å². The van der Waals surface area contributed by atoms with Gasteiger partial charge in [0.2, 0.25) is 0 Å². The van der Waals surface area contributed by atoms with Gasteiger partial charge in [-0.2, -0.15) is 0 Å². The summed E-state index contributed by atoms with van der Waals surface area (Å²) >= 11 is 0. The lowest BCUT2D eigenvalue weighted by molar-refractivity contribution is 0.0696. The molecule has 1 N–H and O–H groups in total. The van der Waals surface area contributed by atoms with Gasteiger partial charge in [0.15, 0.2) is 0 Å². The average molecular weight is 204 g/mol. The fraction of sp³-hybridized carbons (Fsp3) is 0.462. The molecule has 2 heteroatoms. The highest BCUT2D eigenvalue weighted by molar-refractivity contribution is 5.88. The number of fused-ring (bicyclic) bond motifs is 1. The third-order valence-electron chi connectivity index (χ3n) is 3.33. The van der Waals surface area contributed by atoms with E-state index in [0.29, 0.717) is 5.56 Å². The van der Waals surface area contributed by atoms with E-state index in [2.05, 4.69) is 13.8 Å². The molecule has 80 valence electrons. The Balaban J connectivity index is 2.53. The number of carboxylic acid groups (broad SMARTS) is 1. The molecule has 0 aromatic heterocycles. The second-order valence-corrected chi connectivity index (χ2v) is 4.91. The van der Waals surface area contributed by atoms with Gasteiger partial charge in [-0.15, -0.1) is 0 Å². The van der Waals surface area contributed by atoms with Crippen molar-refractivity contribution in [3.05, 3.63) is 34.9 Å².